The van der Waals surface area contributed by atoms with Crippen LogP contribution in [0.2, 0.25) is 5.02 Å². The maximum absolute atomic E-state index is 10.4. The molecule has 2 aromatic rings. The van der Waals surface area contributed by atoms with Crippen LogP contribution in [-0.2, 0) is 15.9 Å². The van der Waals surface area contributed by atoms with E-state index in [9.17, 15) is 20.4 Å². The number of halogens is 1. The Labute approximate surface area is 192 Å². The lowest BCUT2D eigenvalue weighted by Crippen LogP contribution is -2.55. The molecule has 32 heavy (non-hydrogen) atoms. The second-order valence-electron chi connectivity index (χ2n) is 8.35. The van der Waals surface area contributed by atoms with Crippen molar-refractivity contribution in [2.45, 2.75) is 55.9 Å². The molecule has 0 aromatic heterocycles. The molecule has 7 nitrogen and oxygen atoms in total. The summed E-state index contributed by atoms with van der Waals surface area (Å²) in [6, 6.07) is 13.1. The Morgan fingerprint density at radius 3 is 2.34 bits per heavy atom. The van der Waals surface area contributed by atoms with Crippen LogP contribution < -0.4 is 4.74 Å². The molecule has 0 saturated carbocycles. The van der Waals surface area contributed by atoms with Gasteiger partial charge in [0.05, 0.1) is 19.8 Å². The minimum atomic E-state index is -1.42. The van der Waals surface area contributed by atoms with Crippen molar-refractivity contribution in [2.24, 2.45) is 0 Å². The molecule has 2 fully saturated rings. The van der Waals surface area contributed by atoms with Gasteiger partial charge in [0.15, 0.2) is 0 Å². The molecule has 0 amide bonds. The number of ether oxygens (including phenoxy) is 3. The summed E-state index contributed by atoms with van der Waals surface area (Å²) in [6.07, 6.45) is -3.47. The Bertz CT molecular complexity index is 882. The molecule has 4 N–H and O–H groups in total. The van der Waals surface area contributed by atoms with E-state index < -0.39 is 37.1 Å². The smallest absolute Gasteiger partial charge is 0.119 e. The van der Waals surface area contributed by atoms with Crippen LogP contribution in [0.15, 0.2) is 42.5 Å². The van der Waals surface area contributed by atoms with Crippen molar-refractivity contribution in [3.8, 4) is 5.75 Å². The zero-order valence-electron chi connectivity index (χ0n) is 17.6. The van der Waals surface area contributed by atoms with E-state index in [4.69, 9.17) is 25.8 Å². The average molecular weight is 465 g/mol. The minimum Gasteiger partial charge on any atom is -0.490 e. The van der Waals surface area contributed by atoms with Crippen molar-refractivity contribution in [3.05, 3.63) is 64.2 Å². The summed E-state index contributed by atoms with van der Waals surface area (Å²) in [5.74, 6) is 0.821. The van der Waals surface area contributed by atoms with Gasteiger partial charge in [0.1, 0.15) is 42.4 Å². The summed E-state index contributed by atoms with van der Waals surface area (Å²) < 4.78 is 17.1. The molecule has 4 rings (SSSR count). The summed E-state index contributed by atoms with van der Waals surface area (Å²) >= 11 is 6.42. The minimum absolute atomic E-state index is 0.180. The first-order valence-electron chi connectivity index (χ1n) is 10.9. The largest absolute Gasteiger partial charge is 0.490 e. The molecule has 8 heteroatoms. The quantitative estimate of drug-likeness (QED) is 0.517. The van der Waals surface area contributed by atoms with E-state index in [1.807, 2.05) is 30.3 Å². The summed E-state index contributed by atoms with van der Waals surface area (Å²) in [5, 5.41) is 40.5. The SMILES string of the molecule is OC[C@H]1O[C@@H](c2ccc(Cl)c(Cc3ccc(OC4CCOCC4)cc3)c2)[C@H](O)[C@@H](O)[C@@H]1O. The van der Waals surface area contributed by atoms with Crippen molar-refractivity contribution in [1.29, 1.82) is 0 Å². The van der Waals surface area contributed by atoms with Gasteiger partial charge < -0.3 is 34.6 Å². The number of benzene rings is 2. The highest BCUT2D eigenvalue weighted by Crippen LogP contribution is 2.34. The standard InChI is InChI=1S/C24H29ClO7/c25-19-6-3-15(24-23(29)22(28)21(27)20(13-26)32-24)12-16(19)11-14-1-4-17(5-2-14)31-18-7-9-30-10-8-18/h1-6,12,18,20-24,26-29H,7-11,13H2/t20-,21-,22+,23-,24+/m1/s1. The number of aliphatic hydroxyl groups excluding tert-OH is 4. The first kappa shape index (κ1) is 23.4. The first-order chi connectivity index (χ1) is 15.5. The predicted molar refractivity (Wildman–Crippen MR) is 118 cm³/mol. The number of hydrogen-bond donors (Lipinski definition) is 4. The van der Waals surface area contributed by atoms with Crippen LogP contribution >= 0.6 is 11.6 Å². The maximum atomic E-state index is 10.4. The highest BCUT2D eigenvalue weighted by atomic mass is 35.5. The summed E-state index contributed by atoms with van der Waals surface area (Å²) in [4.78, 5) is 0. The molecule has 0 radical (unpaired) electrons. The van der Waals surface area contributed by atoms with Gasteiger partial charge >= 0.3 is 0 Å². The summed E-state index contributed by atoms with van der Waals surface area (Å²) in [5.41, 5.74) is 2.48. The van der Waals surface area contributed by atoms with Gasteiger partial charge in [-0.15, -0.1) is 0 Å². The van der Waals surface area contributed by atoms with Crippen LogP contribution in [-0.4, -0.2) is 70.8 Å². The first-order valence-corrected chi connectivity index (χ1v) is 11.3. The molecule has 2 saturated heterocycles. The van der Waals surface area contributed by atoms with Crippen LogP contribution in [0.4, 0.5) is 0 Å². The Balaban J connectivity index is 1.47. The van der Waals surface area contributed by atoms with Gasteiger partial charge in [-0.25, -0.2) is 0 Å². The fourth-order valence-electron chi connectivity index (χ4n) is 4.18. The third-order valence-electron chi connectivity index (χ3n) is 6.08. The topological polar surface area (TPSA) is 109 Å². The Morgan fingerprint density at radius 1 is 0.938 bits per heavy atom. The van der Waals surface area contributed by atoms with Crippen molar-refractivity contribution >= 4 is 11.6 Å². The zero-order valence-corrected chi connectivity index (χ0v) is 18.4. The Kier molecular flexibility index (Phi) is 7.68. The van der Waals surface area contributed by atoms with Gasteiger partial charge in [-0.05, 0) is 41.3 Å². The van der Waals surface area contributed by atoms with Crippen molar-refractivity contribution in [1.82, 2.24) is 0 Å². The molecular weight excluding hydrogens is 436 g/mol. The second kappa shape index (κ2) is 10.5. The van der Waals surface area contributed by atoms with Crippen molar-refractivity contribution < 1.29 is 34.6 Å². The molecule has 2 aromatic carbocycles. The van der Waals surface area contributed by atoms with Gasteiger partial charge in [-0.3, -0.25) is 0 Å². The lowest BCUT2D eigenvalue weighted by atomic mass is 9.90. The van der Waals surface area contributed by atoms with Gasteiger partial charge in [-0.1, -0.05) is 35.9 Å². The lowest BCUT2D eigenvalue weighted by molar-refractivity contribution is -0.231. The van der Waals surface area contributed by atoms with Crippen molar-refractivity contribution in [2.75, 3.05) is 19.8 Å². The molecule has 0 unspecified atom stereocenters. The summed E-state index contributed by atoms with van der Waals surface area (Å²) in [7, 11) is 0. The Morgan fingerprint density at radius 2 is 1.66 bits per heavy atom. The molecular formula is C24H29ClO7. The zero-order chi connectivity index (χ0) is 22.7. The molecule has 0 spiro atoms. The van der Waals surface area contributed by atoms with Crippen molar-refractivity contribution in [3.63, 3.8) is 0 Å². The van der Waals surface area contributed by atoms with E-state index in [1.54, 1.807) is 12.1 Å². The van der Waals surface area contributed by atoms with E-state index >= 15 is 0 Å². The van der Waals surface area contributed by atoms with Crippen LogP contribution in [0.5, 0.6) is 5.75 Å². The number of rotatable bonds is 6. The molecule has 0 bridgehead atoms. The van der Waals surface area contributed by atoms with Gasteiger partial charge in [0.25, 0.3) is 0 Å². The highest BCUT2D eigenvalue weighted by Gasteiger charge is 2.44. The molecule has 5 atom stereocenters. The van der Waals surface area contributed by atoms with Gasteiger partial charge in [-0.2, -0.15) is 0 Å². The van der Waals surface area contributed by atoms with Gasteiger partial charge in [0.2, 0.25) is 0 Å². The predicted octanol–water partition coefficient (Wildman–Crippen LogP) is 2.00. The molecule has 2 aliphatic rings. The Hall–Kier alpha value is -1.71. The monoisotopic (exact) mass is 464 g/mol. The molecule has 174 valence electrons. The molecule has 2 aliphatic heterocycles. The fraction of sp³-hybridized carbons (Fsp3) is 0.500. The highest BCUT2D eigenvalue weighted by molar-refractivity contribution is 6.31. The average Bonchev–Trinajstić information content (AvgIpc) is 2.81. The normalized spacial score (nSPS) is 29.1. The van der Waals surface area contributed by atoms with Crippen LogP contribution in [0.1, 0.15) is 35.6 Å². The maximum Gasteiger partial charge on any atom is 0.119 e. The second-order valence-corrected chi connectivity index (χ2v) is 8.76. The third-order valence-corrected chi connectivity index (χ3v) is 6.45. The van der Waals surface area contributed by atoms with E-state index in [1.165, 1.54) is 0 Å². The fourth-order valence-corrected chi connectivity index (χ4v) is 4.36. The van der Waals surface area contributed by atoms with E-state index in [2.05, 4.69) is 0 Å². The van der Waals surface area contributed by atoms with E-state index in [0.717, 1.165) is 42.9 Å². The number of aliphatic hydroxyl groups is 4. The summed E-state index contributed by atoms with van der Waals surface area (Å²) in [6.45, 7) is 0.988. The molecule has 0 aliphatic carbocycles. The van der Waals surface area contributed by atoms with Crippen LogP contribution in [0, 0.1) is 0 Å². The lowest BCUT2D eigenvalue weighted by Gasteiger charge is -2.40. The van der Waals surface area contributed by atoms with Crippen LogP contribution in [0.3, 0.4) is 0 Å². The van der Waals surface area contributed by atoms with E-state index in [0.29, 0.717) is 17.0 Å². The molecule has 2 heterocycles. The van der Waals surface area contributed by atoms with Gasteiger partial charge in [0, 0.05) is 17.9 Å². The third kappa shape index (κ3) is 5.26. The van der Waals surface area contributed by atoms with Crippen LogP contribution in [0.25, 0.3) is 0 Å². The number of hydrogen-bond acceptors (Lipinski definition) is 7. The van der Waals surface area contributed by atoms with E-state index in [-0.39, 0.29) is 6.10 Å².